The summed E-state index contributed by atoms with van der Waals surface area (Å²) in [6.07, 6.45) is 0. The van der Waals surface area contributed by atoms with E-state index in [4.69, 9.17) is 28.9 Å². The lowest BCUT2D eigenvalue weighted by molar-refractivity contribution is 0.524. The van der Waals surface area contributed by atoms with Crippen molar-refractivity contribution in [3.05, 3.63) is 34.1 Å². The van der Waals surface area contributed by atoms with Crippen molar-refractivity contribution in [2.24, 2.45) is 7.05 Å². The molecule has 0 saturated heterocycles. The maximum absolute atomic E-state index is 6.24. The minimum Gasteiger partial charge on any atom is -0.383 e. The number of halogens is 2. The summed E-state index contributed by atoms with van der Waals surface area (Å²) in [4.78, 5) is 4.65. The Hall–Kier alpha value is -1.19. The third kappa shape index (κ3) is 2.45. The lowest BCUT2D eigenvalue weighted by atomic mass is 9.96. The Morgan fingerprint density at radius 3 is 2.37 bits per heavy atom. The van der Waals surface area contributed by atoms with E-state index in [9.17, 15) is 0 Å². The molecule has 19 heavy (non-hydrogen) atoms. The van der Waals surface area contributed by atoms with Crippen LogP contribution in [0.4, 0.5) is 5.82 Å². The zero-order chi connectivity index (χ0) is 14.4. The van der Waals surface area contributed by atoms with Gasteiger partial charge in [-0.25, -0.2) is 4.98 Å². The largest absolute Gasteiger partial charge is 0.383 e. The van der Waals surface area contributed by atoms with Gasteiger partial charge in [-0.1, -0.05) is 56.1 Å². The molecule has 0 aliphatic carbocycles. The van der Waals surface area contributed by atoms with Gasteiger partial charge in [0.1, 0.15) is 17.3 Å². The number of imidazole rings is 1. The maximum atomic E-state index is 6.24. The van der Waals surface area contributed by atoms with Crippen LogP contribution in [-0.4, -0.2) is 9.55 Å². The fourth-order valence-electron chi connectivity index (χ4n) is 2.07. The van der Waals surface area contributed by atoms with Crippen LogP contribution >= 0.6 is 23.2 Å². The molecule has 0 aliphatic heterocycles. The average Bonchev–Trinajstić information content (AvgIpc) is 2.60. The first-order valence-corrected chi connectivity index (χ1v) is 6.76. The minimum absolute atomic E-state index is 0.0911. The summed E-state index contributed by atoms with van der Waals surface area (Å²) < 4.78 is 1.90. The molecular weight excluding hydrogens is 281 g/mol. The second kappa shape index (κ2) is 4.73. The van der Waals surface area contributed by atoms with E-state index in [1.807, 2.05) is 23.7 Å². The van der Waals surface area contributed by atoms with Crippen molar-refractivity contribution in [3.8, 4) is 11.3 Å². The third-order valence-electron chi connectivity index (χ3n) is 3.02. The number of benzene rings is 1. The van der Waals surface area contributed by atoms with Crippen molar-refractivity contribution in [2.45, 2.75) is 26.2 Å². The molecule has 0 unspecified atom stereocenters. The van der Waals surface area contributed by atoms with Crippen LogP contribution in [0.2, 0.25) is 10.0 Å². The first-order valence-electron chi connectivity index (χ1n) is 6.00. The monoisotopic (exact) mass is 297 g/mol. The van der Waals surface area contributed by atoms with E-state index in [2.05, 4.69) is 25.8 Å². The van der Waals surface area contributed by atoms with Gasteiger partial charge in [0.25, 0.3) is 0 Å². The molecule has 1 heterocycles. The van der Waals surface area contributed by atoms with Crippen LogP contribution in [0, 0.1) is 0 Å². The van der Waals surface area contributed by atoms with E-state index < -0.39 is 0 Å². The van der Waals surface area contributed by atoms with Gasteiger partial charge < -0.3 is 10.3 Å². The Balaban J connectivity index is 2.68. The summed E-state index contributed by atoms with van der Waals surface area (Å²) in [7, 11) is 1.91. The summed E-state index contributed by atoms with van der Waals surface area (Å²) in [5.41, 5.74) is 7.50. The second-order valence-corrected chi connectivity index (χ2v) is 6.36. The molecular formula is C14H17Cl2N3. The highest BCUT2D eigenvalue weighted by molar-refractivity contribution is 6.43. The van der Waals surface area contributed by atoms with Crippen LogP contribution in [0.25, 0.3) is 11.3 Å². The number of aromatic nitrogens is 2. The highest BCUT2D eigenvalue weighted by atomic mass is 35.5. The van der Waals surface area contributed by atoms with Crippen molar-refractivity contribution < 1.29 is 0 Å². The summed E-state index contributed by atoms with van der Waals surface area (Å²) in [6, 6.07) is 5.46. The number of hydrogen-bond donors (Lipinski definition) is 1. The summed E-state index contributed by atoms with van der Waals surface area (Å²) >= 11 is 12.3. The van der Waals surface area contributed by atoms with E-state index in [1.54, 1.807) is 6.07 Å². The van der Waals surface area contributed by atoms with E-state index in [0.717, 1.165) is 11.4 Å². The highest BCUT2D eigenvalue weighted by Gasteiger charge is 2.24. The SMILES string of the molecule is Cn1c(C(C)(C)C)nc(-c2cccc(Cl)c2Cl)c1N. The number of nitrogens with zero attached hydrogens (tertiary/aromatic N) is 2. The molecule has 0 atom stereocenters. The van der Waals surface area contributed by atoms with E-state index in [1.165, 1.54) is 0 Å². The van der Waals surface area contributed by atoms with Crippen LogP contribution in [-0.2, 0) is 12.5 Å². The van der Waals surface area contributed by atoms with Gasteiger partial charge in [-0.15, -0.1) is 0 Å². The average molecular weight is 298 g/mol. The number of hydrogen-bond acceptors (Lipinski definition) is 2. The van der Waals surface area contributed by atoms with Crippen LogP contribution in [0.1, 0.15) is 26.6 Å². The van der Waals surface area contributed by atoms with E-state index in [-0.39, 0.29) is 5.41 Å². The molecule has 0 spiro atoms. The van der Waals surface area contributed by atoms with Crippen LogP contribution in [0.3, 0.4) is 0 Å². The normalized spacial score (nSPS) is 11.9. The van der Waals surface area contributed by atoms with Gasteiger partial charge in [0.2, 0.25) is 0 Å². The molecule has 1 aromatic carbocycles. The van der Waals surface area contributed by atoms with Crippen molar-refractivity contribution >= 4 is 29.0 Å². The molecule has 2 aromatic rings. The standard InChI is InChI=1S/C14H17Cl2N3/c1-14(2,3)13-18-11(12(17)19(13)4)8-6-5-7-9(15)10(8)16/h5-7H,17H2,1-4H3. The Morgan fingerprint density at radius 1 is 1.21 bits per heavy atom. The Bertz CT molecular complexity index is 624. The van der Waals surface area contributed by atoms with Gasteiger partial charge in [-0.05, 0) is 6.07 Å². The summed E-state index contributed by atoms with van der Waals surface area (Å²) in [5, 5.41) is 0.982. The molecule has 0 aliphatic rings. The predicted octanol–water partition coefficient (Wildman–Crippen LogP) is 4.27. The molecule has 0 amide bonds. The molecule has 102 valence electrons. The Labute approximate surface area is 123 Å². The van der Waals surface area contributed by atoms with Crippen molar-refractivity contribution in [1.29, 1.82) is 0 Å². The molecule has 2 N–H and O–H groups in total. The lowest BCUT2D eigenvalue weighted by Crippen LogP contribution is -2.17. The third-order valence-corrected chi connectivity index (χ3v) is 3.84. The Kier molecular flexibility index (Phi) is 3.54. The van der Waals surface area contributed by atoms with Gasteiger partial charge in [-0.3, -0.25) is 0 Å². The smallest absolute Gasteiger partial charge is 0.131 e. The fourth-order valence-corrected chi connectivity index (χ4v) is 2.46. The van der Waals surface area contributed by atoms with Gasteiger partial charge >= 0.3 is 0 Å². The summed E-state index contributed by atoms with van der Waals surface area (Å²) in [6.45, 7) is 6.29. The molecule has 1 aromatic heterocycles. The molecule has 0 saturated carbocycles. The number of nitrogens with two attached hydrogens (primary N) is 1. The fraction of sp³-hybridized carbons (Fsp3) is 0.357. The Morgan fingerprint density at radius 2 is 1.84 bits per heavy atom. The van der Waals surface area contributed by atoms with Crippen molar-refractivity contribution in [2.75, 3.05) is 5.73 Å². The second-order valence-electron chi connectivity index (χ2n) is 5.58. The van der Waals surface area contributed by atoms with Crippen molar-refractivity contribution in [3.63, 3.8) is 0 Å². The lowest BCUT2D eigenvalue weighted by Gasteiger charge is -2.17. The van der Waals surface area contributed by atoms with E-state index in [0.29, 0.717) is 21.6 Å². The van der Waals surface area contributed by atoms with Gasteiger partial charge in [-0.2, -0.15) is 0 Å². The molecule has 5 heteroatoms. The molecule has 0 radical (unpaired) electrons. The minimum atomic E-state index is -0.0911. The number of anilines is 1. The van der Waals surface area contributed by atoms with Crippen LogP contribution in [0.15, 0.2) is 18.2 Å². The molecule has 2 rings (SSSR count). The first kappa shape index (κ1) is 14.2. The van der Waals surface area contributed by atoms with Gasteiger partial charge in [0.15, 0.2) is 0 Å². The summed E-state index contributed by atoms with van der Waals surface area (Å²) in [5.74, 6) is 1.50. The zero-order valence-corrected chi connectivity index (χ0v) is 13.0. The molecule has 0 bridgehead atoms. The van der Waals surface area contributed by atoms with Gasteiger partial charge in [0, 0.05) is 18.0 Å². The number of rotatable bonds is 1. The van der Waals surface area contributed by atoms with Crippen LogP contribution < -0.4 is 5.73 Å². The molecule has 0 fully saturated rings. The zero-order valence-electron chi connectivity index (χ0n) is 11.5. The maximum Gasteiger partial charge on any atom is 0.131 e. The predicted molar refractivity (Wildman–Crippen MR) is 81.8 cm³/mol. The number of nitrogen functional groups attached to an aromatic ring is 1. The topological polar surface area (TPSA) is 43.8 Å². The quantitative estimate of drug-likeness (QED) is 0.854. The van der Waals surface area contributed by atoms with Gasteiger partial charge in [0.05, 0.1) is 10.0 Å². The van der Waals surface area contributed by atoms with E-state index >= 15 is 0 Å². The van der Waals surface area contributed by atoms with Crippen molar-refractivity contribution in [1.82, 2.24) is 9.55 Å². The molecule has 3 nitrogen and oxygen atoms in total. The highest BCUT2D eigenvalue weighted by Crippen LogP contribution is 2.37. The van der Waals surface area contributed by atoms with Crippen LogP contribution in [0.5, 0.6) is 0 Å². The first-order chi connectivity index (χ1) is 8.73.